The molecule has 0 saturated carbocycles. The second-order valence-electron chi connectivity index (χ2n) is 3.29. The highest BCUT2D eigenvalue weighted by atomic mass is 28.2. The number of likely N-dealkylation sites (N-methyl/N-ethyl adjacent to an activating group) is 1. The predicted octanol–water partition coefficient (Wildman–Crippen LogP) is 0.0137. The van der Waals surface area contributed by atoms with Gasteiger partial charge in [0.05, 0.1) is 5.60 Å². The Balaban J connectivity index is 3.64. The fourth-order valence-corrected chi connectivity index (χ4v) is 0.955. The summed E-state index contributed by atoms with van der Waals surface area (Å²) in [6, 6.07) is 0. The fourth-order valence-electron chi connectivity index (χ4n) is 0.826. The third-order valence-electron chi connectivity index (χ3n) is 1.74. The van der Waals surface area contributed by atoms with Crippen LogP contribution in [0.1, 0.15) is 20.8 Å². The summed E-state index contributed by atoms with van der Waals surface area (Å²) >= 11 is 0. The van der Waals surface area contributed by atoms with Gasteiger partial charge in [0, 0.05) is 6.54 Å². The smallest absolute Gasteiger partial charge is 0.146 e. The van der Waals surface area contributed by atoms with Gasteiger partial charge in [0.25, 0.3) is 0 Å². The van der Waals surface area contributed by atoms with E-state index in [1.807, 2.05) is 0 Å². The van der Waals surface area contributed by atoms with E-state index >= 15 is 0 Å². The molecule has 2 nitrogen and oxygen atoms in total. The van der Waals surface area contributed by atoms with E-state index in [0.717, 1.165) is 23.6 Å². The maximum absolute atomic E-state index is 5.41. The van der Waals surface area contributed by atoms with Crippen molar-refractivity contribution >= 4 is 10.5 Å². The van der Waals surface area contributed by atoms with Crippen molar-refractivity contribution in [3.8, 4) is 0 Å². The van der Waals surface area contributed by atoms with E-state index in [1.165, 1.54) is 0 Å². The molecule has 0 aromatic carbocycles. The summed E-state index contributed by atoms with van der Waals surface area (Å²) in [4.78, 5) is 2.26. The van der Waals surface area contributed by atoms with E-state index in [0.29, 0.717) is 0 Å². The SMILES string of the molecule is CCN(C)CC(C)(C)O[SiH3]. The Labute approximate surface area is 67.1 Å². The number of hydrogen-bond donors (Lipinski definition) is 0. The molecular weight excluding hydrogens is 142 g/mol. The van der Waals surface area contributed by atoms with Gasteiger partial charge in [-0.3, -0.25) is 0 Å². The molecule has 0 aromatic rings. The van der Waals surface area contributed by atoms with E-state index in [-0.39, 0.29) is 5.60 Å². The molecule has 0 aliphatic carbocycles. The molecule has 0 saturated heterocycles. The van der Waals surface area contributed by atoms with Crippen LogP contribution in [0.4, 0.5) is 0 Å². The molecule has 0 bridgehead atoms. The largest absolute Gasteiger partial charge is 0.422 e. The Morgan fingerprint density at radius 3 is 2.30 bits per heavy atom. The third-order valence-corrected chi connectivity index (χ3v) is 2.85. The third kappa shape index (κ3) is 4.03. The van der Waals surface area contributed by atoms with Crippen molar-refractivity contribution in [1.82, 2.24) is 4.90 Å². The van der Waals surface area contributed by atoms with Crippen LogP contribution in [0.3, 0.4) is 0 Å². The lowest BCUT2D eigenvalue weighted by Gasteiger charge is -2.28. The van der Waals surface area contributed by atoms with Gasteiger partial charge in [-0.05, 0) is 27.4 Å². The Kier molecular flexibility index (Phi) is 4.16. The van der Waals surface area contributed by atoms with Crippen LogP contribution in [-0.2, 0) is 4.43 Å². The highest BCUT2D eigenvalue weighted by Gasteiger charge is 2.16. The molecule has 0 aliphatic rings. The molecule has 10 heavy (non-hydrogen) atoms. The first-order valence-corrected chi connectivity index (χ1v) is 4.57. The van der Waals surface area contributed by atoms with Crippen LogP contribution in [0.5, 0.6) is 0 Å². The van der Waals surface area contributed by atoms with Crippen molar-refractivity contribution < 1.29 is 4.43 Å². The van der Waals surface area contributed by atoms with Crippen molar-refractivity contribution in [3.63, 3.8) is 0 Å². The van der Waals surface area contributed by atoms with E-state index in [2.05, 4.69) is 32.7 Å². The second-order valence-corrected chi connectivity index (χ2v) is 3.70. The highest BCUT2D eigenvalue weighted by Crippen LogP contribution is 2.07. The van der Waals surface area contributed by atoms with Crippen molar-refractivity contribution in [2.75, 3.05) is 20.1 Å². The topological polar surface area (TPSA) is 12.5 Å². The minimum Gasteiger partial charge on any atom is -0.422 e. The Hall–Kier alpha value is 0.137. The molecule has 0 rings (SSSR count). The minimum absolute atomic E-state index is 0.0526. The van der Waals surface area contributed by atoms with Gasteiger partial charge in [0.2, 0.25) is 0 Å². The standard InChI is InChI=1S/C7H19NOSi/c1-5-8(4)6-7(2,3)9-10/h5-6H2,1-4,10H3. The lowest BCUT2D eigenvalue weighted by Crippen LogP contribution is -2.38. The Morgan fingerprint density at radius 2 is 2.00 bits per heavy atom. The number of hydrogen-bond acceptors (Lipinski definition) is 2. The predicted molar refractivity (Wildman–Crippen MR) is 48.3 cm³/mol. The summed E-state index contributed by atoms with van der Waals surface area (Å²) in [5, 5.41) is 0. The van der Waals surface area contributed by atoms with Crippen LogP contribution in [0.2, 0.25) is 0 Å². The lowest BCUT2D eigenvalue weighted by molar-refractivity contribution is 0.0809. The van der Waals surface area contributed by atoms with Gasteiger partial charge in [0.1, 0.15) is 10.5 Å². The van der Waals surface area contributed by atoms with Crippen LogP contribution in [0, 0.1) is 0 Å². The average Bonchev–Trinajstić information content (AvgIpc) is 1.87. The molecule has 62 valence electrons. The lowest BCUT2D eigenvalue weighted by atomic mass is 10.1. The fraction of sp³-hybridized carbons (Fsp3) is 1.00. The van der Waals surface area contributed by atoms with Crippen LogP contribution in [-0.4, -0.2) is 41.1 Å². The molecule has 3 heteroatoms. The zero-order valence-electron chi connectivity index (χ0n) is 7.77. The zero-order chi connectivity index (χ0) is 8.20. The maximum atomic E-state index is 5.41. The summed E-state index contributed by atoms with van der Waals surface area (Å²) in [7, 11) is 2.94. The van der Waals surface area contributed by atoms with Gasteiger partial charge in [0.15, 0.2) is 0 Å². The van der Waals surface area contributed by atoms with Gasteiger partial charge in [-0.25, -0.2) is 0 Å². The van der Waals surface area contributed by atoms with Crippen molar-refractivity contribution in [1.29, 1.82) is 0 Å². The quantitative estimate of drug-likeness (QED) is 0.539. The first-order chi connectivity index (χ1) is 4.52. The first-order valence-electron chi connectivity index (χ1n) is 3.75. The number of nitrogens with zero attached hydrogens (tertiary/aromatic N) is 1. The maximum Gasteiger partial charge on any atom is 0.146 e. The summed E-state index contributed by atoms with van der Waals surface area (Å²) in [5.41, 5.74) is 0.0526. The summed E-state index contributed by atoms with van der Waals surface area (Å²) in [6.07, 6.45) is 0. The number of rotatable bonds is 4. The minimum atomic E-state index is 0.0526. The molecule has 0 atom stereocenters. The first kappa shape index (κ1) is 10.1. The van der Waals surface area contributed by atoms with Crippen LogP contribution < -0.4 is 0 Å². The van der Waals surface area contributed by atoms with E-state index in [1.54, 1.807) is 0 Å². The van der Waals surface area contributed by atoms with Crippen molar-refractivity contribution in [3.05, 3.63) is 0 Å². The molecular formula is C7H19NOSi. The highest BCUT2D eigenvalue weighted by molar-refractivity contribution is 5.98. The molecule has 0 fully saturated rings. The van der Waals surface area contributed by atoms with Crippen molar-refractivity contribution in [2.45, 2.75) is 26.4 Å². The van der Waals surface area contributed by atoms with Crippen LogP contribution >= 0.6 is 0 Å². The second kappa shape index (κ2) is 4.11. The summed E-state index contributed by atoms with van der Waals surface area (Å²) < 4.78 is 5.41. The average molecular weight is 161 g/mol. The molecule has 0 spiro atoms. The van der Waals surface area contributed by atoms with Gasteiger partial charge in [-0.2, -0.15) is 0 Å². The molecule has 0 aliphatic heterocycles. The van der Waals surface area contributed by atoms with E-state index in [4.69, 9.17) is 4.43 Å². The summed E-state index contributed by atoms with van der Waals surface area (Å²) in [5.74, 6) is 0. The van der Waals surface area contributed by atoms with Crippen LogP contribution in [0.15, 0.2) is 0 Å². The Bertz CT molecular complexity index is 95.6. The normalized spacial score (nSPS) is 12.9. The van der Waals surface area contributed by atoms with E-state index in [9.17, 15) is 0 Å². The molecule has 0 aromatic heterocycles. The molecule has 0 N–H and O–H groups in total. The summed E-state index contributed by atoms with van der Waals surface area (Å²) in [6.45, 7) is 8.53. The molecule has 0 heterocycles. The monoisotopic (exact) mass is 161 g/mol. The molecule has 0 unspecified atom stereocenters. The molecule has 0 radical (unpaired) electrons. The molecule has 0 amide bonds. The van der Waals surface area contributed by atoms with Gasteiger partial charge in [-0.15, -0.1) is 0 Å². The van der Waals surface area contributed by atoms with Gasteiger partial charge < -0.3 is 9.33 Å². The van der Waals surface area contributed by atoms with E-state index < -0.39 is 0 Å². The zero-order valence-corrected chi connectivity index (χ0v) is 9.77. The van der Waals surface area contributed by atoms with Gasteiger partial charge >= 0.3 is 0 Å². The van der Waals surface area contributed by atoms with Crippen molar-refractivity contribution in [2.24, 2.45) is 0 Å². The Morgan fingerprint density at radius 1 is 1.50 bits per heavy atom. The van der Waals surface area contributed by atoms with Crippen LogP contribution in [0.25, 0.3) is 0 Å². The van der Waals surface area contributed by atoms with Gasteiger partial charge in [-0.1, -0.05) is 6.92 Å².